The average molecular weight is 289 g/mol. The van der Waals surface area contributed by atoms with Crippen LogP contribution in [0.3, 0.4) is 0 Å². The molecule has 1 heterocycles. The summed E-state index contributed by atoms with van der Waals surface area (Å²) in [5.74, 6) is -3.48. The second-order valence-corrected chi connectivity index (χ2v) is 4.84. The Labute approximate surface area is 115 Å². The standard InChI is InChI=1S/C13H17F2NO4/c1-9-11(8-17)16(7-10-5-3-2-4-6-10)13(18,19)12(14,15)20-9/h2-6,9,11,17-19H,7-8H2,1H3. The van der Waals surface area contributed by atoms with Gasteiger partial charge >= 0.3 is 12.0 Å². The summed E-state index contributed by atoms with van der Waals surface area (Å²) in [5.41, 5.74) is 0.614. The fourth-order valence-electron chi connectivity index (χ4n) is 2.30. The maximum absolute atomic E-state index is 13.6. The predicted molar refractivity (Wildman–Crippen MR) is 65.5 cm³/mol. The fraction of sp³-hybridized carbons (Fsp3) is 0.538. The van der Waals surface area contributed by atoms with Crippen LogP contribution in [0.4, 0.5) is 8.78 Å². The van der Waals surface area contributed by atoms with Crippen molar-refractivity contribution in [3.8, 4) is 0 Å². The van der Waals surface area contributed by atoms with Gasteiger partial charge in [0.15, 0.2) is 0 Å². The van der Waals surface area contributed by atoms with E-state index in [9.17, 15) is 24.1 Å². The molecule has 2 rings (SSSR count). The van der Waals surface area contributed by atoms with Crippen molar-refractivity contribution >= 4 is 0 Å². The highest BCUT2D eigenvalue weighted by atomic mass is 19.3. The minimum Gasteiger partial charge on any atom is -0.395 e. The molecule has 2 unspecified atom stereocenters. The van der Waals surface area contributed by atoms with Gasteiger partial charge in [0.25, 0.3) is 0 Å². The molecule has 1 saturated heterocycles. The number of morpholine rings is 1. The fourth-order valence-corrected chi connectivity index (χ4v) is 2.30. The minimum absolute atomic E-state index is 0.150. The number of aliphatic hydroxyl groups is 3. The zero-order valence-electron chi connectivity index (χ0n) is 10.9. The second kappa shape index (κ2) is 5.34. The van der Waals surface area contributed by atoms with E-state index in [1.165, 1.54) is 6.92 Å². The molecule has 112 valence electrons. The molecule has 5 nitrogen and oxygen atoms in total. The van der Waals surface area contributed by atoms with Gasteiger partial charge in [-0.2, -0.15) is 8.78 Å². The molecule has 0 spiro atoms. The Balaban J connectivity index is 2.33. The molecule has 20 heavy (non-hydrogen) atoms. The minimum atomic E-state index is -4.15. The monoisotopic (exact) mass is 289 g/mol. The van der Waals surface area contributed by atoms with Crippen LogP contribution in [0.15, 0.2) is 30.3 Å². The molecule has 0 radical (unpaired) electrons. The van der Waals surface area contributed by atoms with Gasteiger partial charge in [0.05, 0.1) is 18.8 Å². The van der Waals surface area contributed by atoms with E-state index in [0.29, 0.717) is 5.56 Å². The van der Waals surface area contributed by atoms with Gasteiger partial charge in [-0.3, -0.25) is 0 Å². The van der Waals surface area contributed by atoms with Gasteiger partial charge in [0.2, 0.25) is 0 Å². The van der Waals surface area contributed by atoms with Gasteiger partial charge < -0.3 is 20.1 Å². The van der Waals surface area contributed by atoms with Crippen LogP contribution in [0.25, 0.3) is 0 Å². The summed E-state index contributed by atoms with van der Waals surface area (Å²) in [7, 11) is 0. The van der Waals surface area contributed by atoms with Crippen LogP contribution in [-0.4, -0.2) is 51.0 Å². The first-order valence-corrected chi connectivity index (χ1v) is 6.21. The Kier molecular flexibility index (Phi) is 4.08. The van der Waals surface area contributed by atoms with Crippen molar-refractivity contribution in [1.82, 2.24) is 4.90 Å². The Morgan fingerprint density at radius 1 is 1.25 bits per heavy atom. The number of hydrogen-bond acceptors (Lipinski definition) is 5. The summed E-state index contributed by atoms with van der Waals surface area (Å²) in [4.78, 5) is 0.747. The Morgan fingerprint density at radius 2 is 1.85 bits per heavy atom. The Morgan fingerprint density at radius 3 is 2.40 bits per heavy atom. The van der Waals surface area contributed by atoms with Crippen LogP contribution in [0.2, 0.25) is 0 Å². The molecule has 0 saturated carbocycles. The molecule has 3 N–H and O–H groups in total. The molecule has 1 aromatic rings. The second-order valence-electron chi connectivity index (χ2n) is 4.84. The van der Waals surface area contributed by atoms with Crippen molar-refractivity contribution in [3.05, 3.63) is 35.9 Å². The highest BCUT2D eigenvalue weighted by Crippen LogP contribution is 2.40. The maximum Gasteiger partial charge on any atom is 0.425 e. The first-order chi connectivity index (χ1) is 9.29. The maximum atomic E-state index is 13.6. The van der Waals surface area contributed by atoms with Crippen LogP contribution in [0.1, 0.15) is 12.5 Å². The van der Waals surface area contributed by atoms with Gasteiger partial charge in [-0.1, -0.05) is 30.3 Å². The van der Waals surface area contributed by atoms with Crippen LogP contribution in [-0.2, 0) is 11.3 Å². The van der Waals surface area contributed by atoms with Crippen molar-refractivity contribution < 1.29 is 28.8 Å². The lowest BCUT2D eigenvalue weighted by molar-refractivity contribution is -0.488. The van der Waals surface area contributed by atoms with Crippen LogP contribution < -0.4 is 0 Å². The molecule has 0 aliphatic carbocycles. The molecule has 1 aromatic carbocycles. The highest BCUT2D eigenvalue weighted by molar-refractivity contribution is 5.15. The van der Waals surface area contributed by atoms with E-state index in [4.69, 9.17) is 0 Å². The number of benzene rings is 1. The molecular weight excluding hydrogens is 272 g/mol. The van der Waals surface area contributed by atoms with Crippen molar-refractivity contribution in [2.45, 2.75) is 37.6 Å². The van der Waals surface area contributed by atoms with Crippen LogP contribution in [0.5, 0.6) is 0 Å². The summed E-state index contributed by atoms with van der Waals surface area (Å²) < 4.78 is 31.6. The molecule has 0 aromatic heterocycles. The van der Waals surface area contributed by atoms with Gasteiger partial charge in [0, 0.05) is 6.54 Å². The largest absolute Gasteiger partial charge is 0.425 e. The Bertz CT molecular complexity index is 455. The van der Waals surface area contributed by atoms with E-state index in [0.717, 1.165) is 4.90 Å². The SMILES string of the molecule is CC1OC(F)(F)C(O)(O)N(Cc2ccccc2)C1CO. The van der Waals surface area contributed by atoms with Gasteiger partial charge in [-0.05, 0) is 12.5 Å². The number of hydrogen-bond donors (Lipinski definition) is 3. The number of halogens is 2. The first-order valence-electron chi connectivity index (χ1n) is 6.21. The number of nitrogens with zero attached hydrogens (tertiary/aromatic N) is 1. The predicted octanol–water partition coefficient (Wildman–Crippen LogP) is 0.499. The normalized spacial score (nSPS) is 29.3. The van der Waals surface area contributed by atoms with Crippen molar-refractivity contribution in [2.24, 2.45) is 0 Å². The first kappa shape index (κ1) is 15.3. The topological polar surface area (TPSA) is 73.2 Å². The molecule has 1 fully saturated rings. The summed E-state index contributed by atoms with van der Waals surface area (Å²) in [6, 6.07) is 7.56. The van der Waals surface area contributed by atoms with E-state index >= 15 is 0 Å². The Hall–Kier alpha value is -1.12. The summed E-state index contributed by atoms with van der Waals surface area (Å²) >= 11 is 0. The van der Waals surface area contributed by atoms with Gasteiger partial charge in [-0.15, -0.1) is 0 Å². The average Bonchev–Trinajstić information content (AvgIpc) is 2.37. The van der Waals surface area contributed by atoms with Crippen molar-refractivity contribution in [1.29, 1.82) is 0 Å². The van der Waals surface area contributed by atoms with E-state index < -0.39 is 30.8 Å². The third-order valence-corrected chi connectivity index (χ3v) is 3.45. The zero-order chi connectivity index (χ0) is 15.0. The van der Waals surface area contributed by atoms with Crippen molar-refractivity contribution in [3.63, 3.8) is 0 Å². The molecule has 2 atom stereocenters. The van der Waals surface area contributed by atoms with E-state index in [1.807, 2.05) is 0 Å². The lowest BCUT2D eigenvalue weighted by Gasteiger charge is -2.49. The van der Waals surface area contributed by atoms with E-state index in [-0.39, 0.29) is 6.54 Å². The molecule has 1 aliphatic heterocycles. The lowest BCUT2D eigenvalue weighted by Crippen LogP contribution is -2.72. The molecule has 1 aliphatic rings. The van der Waals surface area contributed by atoms with E-state index in [1.54, 1.807) is 30.3 Å². The summed E-state index contributed by atoms with van der Waals surface area (Å²) in [5, 5.41) is 28.8. The smallest absolute Gasteiger partial charge is 0.395 e. The number of aliphatic hydroxyl groups excluding tert-OH is 1. The van der Waals surface area contributed by atoms with Crippen LogP contribution >= 0.6 is 0 Å². The zero-order valence-corrected chi connectivity index (χ0v) is 10.9. The highest BCUT2D eigenvalue weighted by Gasteiger charge is 2.64. The van der Waals surface area contributed by atoms with Gasteiger partial charge in [-0.25, -0.2) is 4.90 Å². The molecule has 7 heteroatoms. The lowest BCUT2D eigenvalue weighted by atomic mass is 10.0. The summed E-state index contributed by atoms with van der Waals surface area (Å²) in [6.45, 7) is 0.664. The number of alkyl halides is 2. The third kappa shape index (κ3) is 2.55. The quantitative estimate of drug-likeness (QED) is 0.707. The van der Waals surface area contributed by atoms with Gasteiger partial charge in [0.1, 0.15) is 0 Å². The van der Waals surface area contributed by atoms with Crippen molar-refractivity contribution in [2.75, 3.05) is 6.61 Å². The van der Waals surface area contributed by atoms with E-state index in [2.05, 4.69) is 4.74 Å². The number of rotatable bonds is 3. The molecular formula is C13H17F2NO4. The third-order valence-electron chi connectivity index (χ3n) is 3.45. The van der Waals surface area contributed by atoms with Crippen LogP contribution in [0, 0.1) is 0 Å². The summed E-state index contributed by atoms with van der Waals surface area (Å²) in [6.07, 6.45) is -5.20. The molecule has 0 bridgehead atoms. The number of ether oxygens (including phenoxy) is 1. The molecule has 0 amide bonds.